The van der Waals surface area contributed by atoms with Crippen LogP contribution in [0.15, 0.2) is 60.8 Å². The number of rotatable bonds is 6. The van der Waals surface area contributed by atoms with Gasteiger partial charge in [-0.15, -0.1) is 5.10 Å². The van der Waals surface area contributed by atoms with E-state index in [2.05, 4.69) is 69.1 Å². The molecule has 23 heavy (non-hydrogen) atoms. The Bertz CT molecular complexity index is 758. The fraction of sp³-hybridized carbons (Fsp3) is 0.167. The second kappa shape index (κ2) is 7.35. The van der Waals surface area contributed by atoms with Gasteiger partial charge < -0.3 is 10.6 Å². The van der Waals surface area contributed by atoms with Crippen molar-refractivity contribution >= 4 is 11.8 Å². The molecule has 0 atom stereocenters. The zero-order valence-corrected chi connectivity index (χ0v) is 13.0. The molecule has 0 aliphatic carbocycles. The lowest BCUT2D eigenvalue weighted by Gasteiger charge is -2.08. The van der Waals surface area contributed by atoms with Crippen molar-refractivity contribution in [1.82, 2.24) is 15.2 Å². The third-order valence-electron chi connectivity index (χ3n) is 3.41. The van der Waals surface area contributed by atoms with Gasteiger partial charge in [-0.1, -0.05) is 60.2 Å². The van der Waals surface area contributed by atoms with Crippen molar-refractivity contribution in [3.8, 4) is 0 Å². The number of benzene rings is 2. The number of nitrogens with one attached hydrogen (secondary N) is 2. The lowest BCUT2D eigenvalue weighted by molar-refractivity contribution is 0.937. The SMILES string of the molecule is Cc1cccc(CNc2cnnc(NCc3ccccc3)n2)c1. The molecular weight excluding hydrogens is 286 g/mol. The Hall–Kier alpha value is -2.95. The second-order valence-corrected chi connectivity index (χ2v) is 5.35. The summed E-state index contributed by atoms with van der Waals surface area (Å²) in [6, 6.07) is 18.5. The molecule has 0 saturated heterocycles. The molecule has 0 aliphatic heterocycles. The van der Waals surface area contributed by atoms with Gasteiger partial charge in [0.1, 0.15) is 0 Å². The van der Waals surface area contributed by atoms with E-state index in [9.17, 15) is 0 Å². The highest BCUT2D eigenvalue weighted by Gasteiger charge is 2.01. The molecule has 3 aromatic rings. The third kappa shape index (κ3) is 4.51. The van der Waals surface area contributed by atoms with Crippen molar-refractivity contribution in [2.24, 2.45) is 0 Å². The molecule has 0 unspecified atom stereocenters. The van der Waals surface area contributed by atoms with Gasteiger partial charge in [0.05, 0.1) is 6.20 Å². The molecule has 5 nitrogen and oxygen atoms in total. The van der Waals surface area contributed by atoms with Crippen LogP contribution in [0.5, 0.6) is 0 Å². The normalized spacial score (nSPS) is 10.3. The summed E-state index contributed by atoms with van der Waals surface area (Å²) in [4.78, 5) is 4.43. The average molecular weight is 305 g/mol. The van der Waals surface area contributed by atoms with Gasteiger partial charge in [-0.25, -0.2) is 0 Å². The van der Waals surface area contributed by atoms with Gasteiger partial charge in [-0.3, -0.25) is 0 Å². The minimum absolute atomic E-state index is 0.517. The first-order chi connectivity index (χ1) is 11.3. The molecule has 2 aromatic carbocycles. The Morgan fingerprint density at radius 2 is 1.65 bits per heavy atom. The average Bonchev–Trinajstić information content (AvgIpc) is 2.60. The van der Waals surface area contributed by atoms with E-state index in [0.29, 0.717) is 24.9 Å². The summed E-state index contributed by atoms with van der Waals surface area (Å²) in [5.74, 6) is 1.22. The zero-order valence-electron chi connectivity index (χ0n) is 13.0. The quantitative estimate of drug-likeness (QED) is 0.731. The summed E-state index contributed by atoms with van der Waals surface area (Å²) < 4.78 is 0. The highest BCUT2D eigenvalue weighted by molar-refractivity contribution is 5.38. The van der Waals surface area contributed by atoms with Crippen LogP contribution in [0, 0.1) is 6.92 Å². The fourth-order valence-corrected chi connectivity index (χ4v) is 2.26. The van der Waals surface area contributed by atoms with Gasteiger partial charge in [-0.05, 0) is 18.1 Å². The predicted molar refractivity (Wildman–Crippen MR) is 92.1 cm³/mol. The van der Waals surface area contributed by atoms with Crippen LogP contribution in [0.1, 0.15) is 16.7 Å². The minimum Gasteiger partial charge on any atom is -0.365 e. The van der Waals surface area contributed by atoms with E-state index >= 15 is 0 Å². The lowest BCUT2D eigenvalue weighted by atomic mass is 10.1. The number of aryl methyl sites for hydroxylation is 1. The van der Waals surface area contributed by atoms with Gasteiger partial charge in [0.2, 0.25) is 5.95 Å². The van der Waals surface area contributed by atoms with Gasteiger partial charge in [0.15, 0.2) is 5.82 Å². The highest BCUT2D eigenvalue weighted by Crippen LogP contribution is 2.09. The van der Waals surface area contributed by atoms with E-state index in [0.717, 1.165) is 0 Å². The van der Waals surface area contributed by atoms with E-state index < -0.39 is 0 Å². The maximum Gasteiger partial charge on any atom is 0.244 e. The van der Waals surface area contributed by atoms with Crippen molar-refractivity contribution in [2.45, 2.75) is 20.0 Å². The first-order valence-corrected chi connectivity index (χ1v) is 7.56. The highest BCUT2D eigenvalue weighted by atomic mass is 15.3. The van der Waals surface area contributed by atoms with E-state index in [4.69, 9.17) is 0 Å². The van der Waals surface area contributed by atoms with E-state index in [1.165, 1.54) is 16.7 Å². The Morgan fingerprint density at radius 1 is 0.870 bits per heavy atom. The number of hydrogen-bond acceptors (Lipinski definition) is 5. The van der Waals surface area contributed by atoms with Crippen LogP contribution in [-0.2, 0) is 13.1 Å². The van der Waals surface area contributed by atoms with Crippen LogP contribution in [0.3, 0.4) is 0 Å². The molecule has 0 amide bonds. The van der Waals surface area contributed by atoms with E-state index in [-0.39, 0.29) is 0 Å². The summed E-state index contributed by atoms with van der Waals surface area (Å²) in [5.41, 5.74) is 3.63. The lowest BCUT2D eigenvalue weighted by Crippen LogP contribution is -2.08. The zero-order chi connectivity index (χ0) is 15.9. The predicted octanol–water partition coefficient (Wildman–Crippen LogP) is 3.40. The molecule has 3 rings (SSSR count). The maximum atomic E-state index is 4.43. The molecule has 5 heteroatoms. The van der Waals surface area contributed by atoms with Gasteiger partial charge in [-0.2, -0.15) is 10.1 Å². The topological polar surface area (TPSA) is 62.7 Å². The summed E-state index contributed by atoms with van der Waals surface area (Å²) in [7, 11) is 0. The molecule has 0 saturated carbocycles. The van der Waals surface area contributed by atoms with E-state index in [1.807, 2.05) is 18.2 Å². The summed E-state index contributed by atoms with van der Waals surface area (Å²) in [6.07, 6.45) is 1.63. The maximum absolute atomic E-state index is 4.43. The van der Waals surface area contributed by atoms with Crippen LogP contribution in [0.25, 0.3) is 0 Å². The van der Waals surface area contributed by atoms with Crippen molar-refractivity contribution in [3.63, 3.8) is 0 Å². The minimum atomic E-state index is 0.517. The van der Waals surface area contributed by atoms with Crippen molar-refractivity contribution in [1.29, 1.82) is 0 Å². The number of nitrogens with zero attached hydrogens (tertiary/aromatic N) is 3. The molecule has 0 aliphatic rings. The van der Waals surface area contributed by atoms with Gasteiger partial charge in [0, 0.05) is 13.1 Å². The molecule has 0 spiro atoms. The Morgan fingerprint density at radius 3 is 2.48 bits per heavy atom. The molecule has 0 radical (unpaired) electrons. The van der Waals surface area contributed by atoms with Gasteiger partial charge in [0.25, 0.3) is 0 Å². The summed E-state index contributed by atoms with van der Waals surface area (Å²) in [6.45, 7) is 3.46. The molecular formula is C18H19N5. The first-order valence-electron chi connectivity index (χ1n) is 7.56. The van der Waals surface area contributed by atoms with Crippen LogP contribution in [-0.4, -0.2) is 15.2 Å². The number of anilines is 2. The summed E-state index contributed by atoms with van der Waals surface area (Å²) in [5, 5.41) is 14.5. The van der Waals surface area contributed by atoms with Crippen LogP contribution in [0.2, 0.25) is 0 Å². The van der Waals surface area contributed by atoms with Crippen molar-refractivity contribution in [3.05, 3.63) is 77.5 Å². The Labute approximate surface area is 135 Å². The van der Waals surface area contributed by atoms with Gasteiger partial charge >= 0.3 is 0 Å². The second-order valence-electron chi connectivity index (χ2n) is 5.35. The smallest absolute Gasteiger partial charge is 0.244 e. The van der Waals surface area contributed by atoms with Crippen molar-refractivity contribution in [2.75, 3.05) is 10.6 Å². The monoisotopic (exact) mass is 305 g/mol. The molecule has 1 aromatic heterocycles. The standard InChI is InChI=1S/C18H19N5/c1-14-6-5-9-16(10-14)12-19-17-13-21-23-18(22-17)20-11-15-7-3-2-4-8-15/h2-10,13H,11-12H2,1H3,(H2,19,20,22,23). The molecule has 0 bridgehead atoms. The Balaban J connectivity index is 1.59. The molecule has 1 heterocycles. The molecule has 116 valence electrons. The van der Waals surface area contributed by atoms with Crippen molar-refractivity contribution < 1.29 is 0 Å². The van der Waals surface area contributed by atoms with E-state index in [1.54, 1.807) is 6.20 Å². The van der Waals surface area contributed by atoms with Crippen LogP contribution < -0.4 is 10.6 Å². The summed E-state index contributed by atoms with van der Waals surface area (Å²) >= 11 is 0. The number of hydrogen-bond donors (Lipinski definition) is 2. The Kier molecular flexibility index (Phi) is 4.79. The molecule has 0 fully saturated rings. The van der Waals surface area contributed by atoms with Crippen LogP contribution in [0.4, 0.5) is 11.8 Å². The van der Waals surface area contributed by atoms with Crippen LogP contribution >= 0.6 is 0 Å². The first kappa shape index (κ1) is 15.0. The largest absolute Gasteiger partial charge is 0.365 e. The number of aromatic nitrogens is 3. The molecule has 2 N–H and O–H groups in total. The third-order valence-corrected chi connectivity index (χ3v) is 3.41. The fourth-order valence-electron chi connectivity index (χ4n) is 2.26.